The average molecular weight is 257 g/mol. The van der Waals surface area contributed by atoms with Crippen LogP contribution in [0.2, 0.25) is 0 Å². The van der Waals surface area contributed by atoms with Gasteiger partial charge in [-0.3, -0.25) is 4.79 Å². The quantitative estimate of drug-likeness (QED) is 0.813. The lowest BCUT2D eigenvalue weighted by atomic mass is 10.1. The SMILES string of the molecule is O=C(NCC1CCCC1)c1ccc(C#CCO)cc1. The molecule has 0 bridgehead atoms. The Morgan fingerprint density at radius 2 is 1.95 bits per heavy atom. The monoisotopic (exact) mass is 257 g/mol. The molecule has 0 radical (unpaired) electrons. The second-order valence-corrected chi connectivity index (χ2v) is 4.90. The van der Waals surface area contributed by atoms with E-state index in [1.807, 2.05) is 0 Å². The largest absolute Gasteiger partial charge is 0.384 e. The van der Waals surface area contributed by atoms with Crippen LogP contribution in [0.5, 0.6) is 0 Å². The van der Waals surface area contributed by atoms with Gasteiger partial charge in [0, 0.05) is 17.7 Å². The van der Waals surface area contributed by atoms with Crippen molar-refractivity contribution in [3.05, 3.63) is 35.4 Å². The number of hydrogen-bond donors (Lipinski definition) is 2. The Kier molecular flexibility index (Phi) is 5.00. The summed E-state index contributed by atoms with van der Waals surface area (Å²) in [6.45, 7) is 0.633. The lowest BCUT2D eigenvalue weighted by Crippen LogP contribution is -2.28. The molecule has 0 aromatic heterocycles. The molecule has 1 aromatic rings. The van der Waals surface area contributed by atoms with Crippen molar-refractivity contribution in [2.24, 2.45) is 5.92 Å². The zero-order valence-electron chi connectivity index (χ0n) is 11.0. The number of carbonyl (C=O) groups excluding carboxylic acids is 1. The molecule has 19 heavy (non-hydrogen) atoms. The van der Waals surface area contributed by atoms with Gasteiger partial charge in [0.25, 0.3) is 5.91 Å². The van der Waals surface area contributed by atoms with Gasteiger partial charge in [0.1, 0.15) is 6.61 Å². The number of benzene rings is 1. The summed E-state index contributed by atoms with van der Waals surface area (Å²) in [5.41, 5.74) is 1.47. The first-order chi connectivity index (χ1) is 9.29. The predicted molar refractivity (Wildman–Crippen MR) is 74.7 cm³/mol. The summed E-state index contributed by atoms with van der Waals surface area (Å²) in [5, 5.41) is 11.6. The summed E-state index contributed by atoms with van der Waals surface area (Å²) in [6.07, 6.45) is 5.05. The Balaban J connectivity index is 1.88. The Labute approximate surface area is 114 Å². The Bertz CT molecular complexity index is 476. The van der Waals surface area contributed by atoms with E-state index >= 15 is 0 Å². The van der Waals surface area contributed by atoms with Crippen LogP contribution in [-0.4, -0.2) is 24.2 Å². The van der Waals surface area contributed by atoms with Crippen LogP contribution in [0.25, 0.3) is 0 Å². The summed E-state index contributed by atoms with van der Waals surface area (Å²) in [6, 6.07) is 7.14. The maximum atomic E-state index is 11.9. The van der Waals surface area contributed by atoms with Gasteiger partial charge in [0.15, 0.2) is 0 Å². The van der Waals surface area contributed by atoms with Crippen molar-refractivity contribution >= 4 is 5.91 Å². The first-order valence-electron chi connectivity index (χ1n) is 6.77. The molecule has 1 saturated carbocycles. The molecular formula is C16H19NO2. The zero-order chi connectivity index (χ0) is 13.5. The summed E-state index contributed by atoms with van der Waals surface area (Å²) in [7, 11) is 0. The predicted octanol–water partition coefficient (Wildman–Crippen LogP) is 1.95. The van der Waals surface area contributed by atoms with Crippen LogP contribution in [0.4, 0.5) is 0 Å². The first kappa shape index (κ1) is 13.6. The second kappa shape index (κ2) is 6.96. The molecule has 3 heteroatoms. The van der Waals surface area contributed by atoms with Crippen LogP contribution in [0, 0.1) is 17.8 Å². The molecule has 0 spiro atoms. The molecule has 2 rings (SSSR count). The second-order valence-electron chi connectivity index (χ2n) is 4.90. The number of carbonyl (C=O) groups is 1. The number of hydrogen-bond acceptors (Lipinski definition) is 2. The third kappa shape index (κ3) is 4.11. The van der Waals surface area contributed by atoms with Crippen molar-refractivity contribution < 1.29 is 9.90 Å². The molecular weight excluding hydrogens is 238 g/mol. The van der Waals surface area contributed by atoms with Crippen molar-refractivity contribution in [2.45, 2.75) is 25.7 Å². The van der Waals surface area contributed by atoms with Gasteiger partial charge >= 0.3 is 0 Å². The maximum absolute atomic E-state index is 11.9. The molecule has 1 aliphatic rings. The summed E-state index contributed by atoms with van der Waals surface area (Å²) >= 11 is 0. The molecule has 1 amide bonds. The van der Waals surface area contributed by atoms with Gasteiger partial charge in [0.05, 0.1) is 0 Å². The third-order valence-electron chi connectivity index (χ3n) is 3.48. The average Bonchev–Trinajstić information content (AvgIpc) is 2.96. The maximum Gasteiger partial charge on any atom is 0.251 e. The first-order valence-corrected chi connectivity index (χ1v) is 6.77. The summed E-state index contributed by atoms with van der Waals surface area (Å²) in [5.74, 6) is 6.02. The van der Waals surface area contributed by atoms with Crippen molar-refractivity contribution in [3.63, 3.8) is 0 Å². The fourth-order valence-corrected chi connectivity index (χ4v) is 2.40. The molecule has 1 fully saturated rings. The molecule has 0 heterocycles. The van der Waals surface area contributed by atoms with Gasteiger partial charge in [-0.1, -0.05) is 24.7 Å². The van der Waals surface area contributed by atoms with Gasteiger partial charge in [-0.2, -0.15) is 0 Å². The van der Waals surface area contributed by atoms with E-state index in [4.69, 9.17) is 5.11 Å². The van der Waals surface area contributed by atoms with E-state index in [1.165, 1.54) is 25.7 Å². The highest BCUT2D eigenvalue weighted by atomic mass is 16.2. The molecule has 0 unspecified atom stereocenters. The van der Waals surface area contributed by atoms with Crippen LogP contribution in [0.15, 0.2) is 24.3 Å². The molecule has 1 aromatic carbocycles. The van der Waals surface area contributed by atoms with E-state index in [2.05, 4.69) is 17.2 Å². The standard InChI is InChI=1S/C16H19NO2/c18-11-3-6-13-7-9-15(10-8-13)16(19)17-12-14-4-1-2-5-14/h7-10,14,18H,1-2,4-5,11-12H2,(H,17,19). The normalized spacial score (nSPS) is 14.8. The fourth-order valence-electron chi connectivity index (χ4n) is 2.40. The Morgan fingerprint density at radius 3 is 2.58 bits per heavy atom. The van der Waals surface area contributed by atoms with Gasteiger partial charge in [-0.15, -0.1) is 0 Å². The number of rotatable bonds is 3. The lowest BCUT2D eigenvalue weighted by Gasteiger charge is -2.10. The molecule has 3 nitrogen and oxygen atoms in total. The van der Waals surface area contributed by atoms with Crippen LogP contribution >= 0.6 is 0 Å². The minimum Gasteiger partial charge on any atom is -0.384 e. The molecule has 1 aliphatic carbocycles. The van der Waals surface area contributed by atoms with Gasteiger partial charge in [0.2, 0.25) is 0 Å². The molecule has 2 N–H and O–H groups in total. The van der Waals surface area contributed by atoms with Crippen molar-refractivity contribution in [2.75, 3.05) is 13.2 Å². The molecule has 0 atom stereocenters. The zero-order valence-corrected chi connectivity index (χ0v) is 11.0. The van der Waals surface area contributed by atoms with Crippen LogP contribution in [-0.2, 0) is 0 Å². The van der Waals surface area contributed by atoms with E-state index in [0.717, 1.165) is 12.1 Å². The lowest BCUT2D eigenvalue weighted by molar-refractivity contribution is 0.0947. The van der Waals surface area contributed by atoms with E-state index < -0.39 is 0 Å². The number of amides is 1. The highest BCUT2D eigenvalue weighted by molar-refractivity contribution is 5.94. The smallest absolute Gasteiger partial charge is 0.251 e. The van der Waals surface area contributed by atoms with Crippen molar-refractivity contribution in [1.29, 1.82) is 0 Å². The number of aliphatic hydroxyl groups is 1. The molecule has 0 saturated heterocycles. The number of nitrogens with one attached hydrogen (secondary N) is 1. The van der Waals surface area contributed by atoms with Crippen LogP contribution < -0.4 is 5.32 Å². The van der Waals surface area contributed by atoms with E-state index in [-0.39, 0.29) is 12.5 Å². The fraction of sp³-hybridized carbons (Fsp3) is 0.438. The van der Waals surface area contributed by atoms with E-state index in [1.54, 1.807) is 24.3 Å². The summed E-state index contributed by atoms with van der Waals surface area (Å²) in [4.78, 5) is 11.9. The summed E-state index contributed by atoms with van der Waals surface area (Å²) < 4.78 is 0. The van der Waals surface area contributed by atoms with Gasteiger partial charge in [-0.25, -0.2) is 0 Å². The van der Waals surface area contributed by atoms with Crippen molar-refractivity contribution in [3.8, 4) is 11.8 Å². The third-order valence-corrected chi connectivity index (χ3v) is 3.48. The molecule has 100 valence electrons. The molecule has 0 aliphatic heterocycles. The Morgan fingerprint density at radius 1 is 1.26 bits per heavy atom. The van der Waals surface area contributed by atoms with E-state index in [9.17, 15) is 4.79 Å². The van der Waals surface area contributed by atoms with Gasteiger partial charge in [-0.05, 0) is 43.0 Å². The minimum absolute atomic E-state index is 0.0198. The topological polar surface area (TPSA) is 49.3 Å². The minimum atomic E-state index is -0.149. The van der Waals surface area contributed by atoms with E-state index in [0.29, 0.717) is 11.5 Å². The highest BCUT2D eigenvalue weighted by Crippen LogP contribution is 2.23. The Hall–Kier alpha value is -1.79. The van der Waals surface area contributed by atoms with Crippen LogP contribution in [0.1, 0.15) is 41.6 Å². The highest BCUT2D eigenvalue weighted by Gasteiger charge is 2.15. The van der Waals surface area contributed by atoms with Crippen molar-refractivity contribution in [1.82, 2.24) is 5.32 Å². The number of aliphatic hydroxyl groups excluding tert-OH is 1. The van der Waals surface area contributed by atoms with Gasteiger partial charge < -0.3 is 10.4 Å². The van der Waals surface area contributed by atoms with Crippen LogP contribution in [0.3, 0.4) is 0 Å².